The van der Waals surface area contributed by atoms with Crippen LogP contribution in [0.15, 0.2) is 87.4 Å². The van der Waals surface area contributed by atoms with Crippen LogP contribution in [0.2, 0.25) is 0 Å². The van der Waals surface area contributed by atoms with Gasteiger partial charge >= 0.3 is 0 Å². The summed E-state index contributed by atoms with van der Waals surface area (Å²) in [6.07, 6.45) is 1.56. The van der Waals surface area contributed by atoms with Gasteiger partial charge in [0.05, 0.1) is 30.9 Å². The van der Waals surface area contributed by atoms with Crippen molar-refractivity contribution in [2.24, 2.45) is 0 Å². The maximum atomic E-state index is 13.8. The number of hydrogen-bond acceptors (Lipinski definition) is 8. The highest BCUT2D eigenvalue weighted by molar-refractivity contribution is 7.99. The molecule has 1 N–H and O–H groups in total. The standard InChI is InChI=1S/C26H22N4O4S3/c1-2-33-19-12-10-18(11-13-19)30-24(32)22-23(29(26(35)37-22)17-7-4-3-5-8-17)28-25(30)36-16-21(31)27-15-20-9-6-14-34-20/h3-14H,2,15-16H2,1H3,(H,27,31). The fraction of sp³-hybridized carbons (Fsp3) is 0.154. The molecule has 0 aliphatic rings. The Balaban J connectivity index is 1.56. The molecule has 0 unspecified atom stereocenters. The molecule has 0 saturated heterocycles. The third-order valence-electron chi connectivity index (χ3n) is 5.37. The predicted octanol–water partition coefficient (Wildman–Crippen LogP) is 5.37. The molecule has 0 radical (unpaired) electrons. The Labute approximate surface area is 225 Å². The van der Waals surface area contributed by atoms with Crippen LogP contribution in [0.5, 0.6) is 5.75 Å². The zero-order chi connectivity index (χ0) is 25.8. The minimum atomic E-state index is -0.251. The van der Waals surface area contributed by atoms with Crippen LogP contribution in [0.4, 0.5) is 0 Å². The number of carbonyl (C=O) groups excluding carboxylic acids is 1. The van der Waals surface area contributed by atoms with Crippen molar-refractivity contribution < 1.29 is 13.9 Å². The highest BCUT2D eigenvalue weighted by atomic mass is 32.2. The molecule has 0 fully saturated rings. The molecule has 3 heterocycles. The van der Waals surface area contributed by atoms with Gasteiger partial charge < -0.3 is 14.5 Å². The van der Waals surface area contributed by atoms with Crippen molar-refractivity contribution in [3.05, 3.63) is 93.1 Å². The van der Waals surface area contributed by atoms with Crippen LogP contribution < -0.4 is 15.6 Å². The minimum absolute atomic E-state index is 0.0614. The van der Waals surface area contributed by atoms with Crippen molar-refractivity contribution in [1.29, 1.82) is 0 Å². The molecule has 0 atom stereocenters. The SMILES string of the molecule is CCOc1ccc(-n2c(SCC(=O)NCc3ccco3)nc3c(sc(=S)n3-c3ccccc3)c2=O)cc1. The van der Waals surface area contributed by atoms with Crippen molar-refractivity contribution in [1.82, 2.24) is 19.4 Å². The third-order valence-corrected chi connectivity index (χ3v) is 7.66. The van der Waals surface area contributed by atoms with Gasteiger partial charge in [0.2, 0.25) is 5.91 Å². The normalized spacial score (nSPS) is 11.1. The topological polar surface area (TPSA) is 91.3 Å². The molecule has 0 aliphatic carbocycles. The molecule has 3 aromatic heterocycles. The highest BCUT2D eigenvalue weighted by Gasteiger charge is 2.20. The lowest BCUT2D eigenvalue weighted by atomic mass is 10.3. The van der Waals surface area contributed by atoms with Crippen molar-refractivity contribution in [3.63, 3.8) is 0 Å². The van der Waals surface area contributed by atoms with E-state index in [9.17, 15) is 9.59 Å². The smallest absolute Gasteiger partial charge is 0.278 e. The van der Waals surface area contributed by atoms with Gasteiger partial charge in [-0.15, -0.1) is 0 Å². The first-order chi connectivity index (χ1) is 18.0. The van der Waals surface area contributed by atoms with Gasteiger partial charge in [0.25, 0.3) is 5.56 Å². The molecule has 11 heteroatoms. The van der Waals surface area contributed by atoms with E-state index >= 15 is 0 Å². The maximum absolute atomic E-state index is 13.8. The summed E-state index contributed by atoms with van der Waals surface area (Å²) in [5.74, 6) is 1.21. The molecular formula is C26H22N4O4S3. The Bertz CT molecular complexity index is 1640. The summed E-state index contributed by atoms with van der Waals surface area (Å²) in [5, 5.41) is 3.21. The number of rotatable bonds is 9. The summed E-state index contributed by atoms with van der Waals surface area (Å²) in [4.78, 5) is 31.2. The molecule has 5 aromatic rings. The first-order valence-electron chi connectivity index (χ1n) is 11.4. The quantitative estimate of drug-likeness (QED) is 0.150. The van der Waals surface area contributed by atoms with Gasteiger partial charge in [-0.25, -0.2) is 4.98 Å². The second kappa shape index (κ2) is 11.2. The van der Waals surface area contributed by atoms with Crippen molar-refractivity contribution >= 4 is 51.6 Å². The van der Waals surface area contributed by atoms with Crippen LogP contribution in [-0.2, 0) is 11.3 Å². The molecule has 5 rings (SSSR count). The fourth-order valence-corrected chi connectivity index (χ4v) is 5.84. The lowest BCUT2D eigenvalue weighted by Crippen LogP contribution is -2.26. The van der Waals surface area contributed by atoms with E-state index in [1.54, 1.807) is 47.2 Å². The average molecular weight is 551 g/mol. The molecule has 188 valence electrons. The summed E-state index contributed by atoms with van der Waals surface area (Å²) in [6.45, 7) is 2.73. The van der Waals surface area contributed by atoms with Crippen LogP contribution in [0.3, 0.4) is 0 Å². The second-order valence-electron chi connectivity index (χ2n) is 7.80. The molecule has 2 aromatic carbocycles. The largest absolute Gasteiger partial charge is 0.494 e. The molecule has 0 bridgehead atoms. The number of amides is 1. The van der Waals surface area contributed by atoms with Gasteiger partial charge in [-0.05, 0) is 67.7 Å². The number of thiazole rings is 1. The van der Waals surface area contributed by atoms with Crippen molar-refractivity contribution in [3.8, 4) is 17.1 Å². The number of aromatic nitrogens is 3. The number of nitrogens with zero attached hydrogens (tertiary/aromatic N) is 3. The number of carbonyl (C=O) groups is 1. The molecule has 37 heavy (non-hydrogen) atoms. The van der Waals surface area contributed by atoms with Crippen LogP contribution >= 0.6 is 35.3 Å². The van der Waals surface area contributed by atoms with Gasteiger partial charge in [0.1, 0.15) is 16.2 Å². The molecule has 1 amide bonds. The summed E-state index contributed by atoms with van der Waals surface area (Å²) < 4.78 is 15.1. The Morgan fingerprint density at radius 1 is 1.08 bits per heavy atom. The number of furan rings is 1. The van der Waals surface area contributed by atoms with Gasteiger partial charge in [0, 0.05) is 5.69 Å². The molecule has 8 nitrogen and oxygen atoms in total. The summed E-state index contributed by atoms with van der Waals surface area (Å²) in [6, 6.07) is 20.3. The molecular weight excluding hydrogens is 529 g/mol. The lowest BCUT2D eigenvalue weighted by molar-refractivity contribution is -0.118. The highest BCUT2D eigenvalue weighted by Crippen LogP contribution is 2.28. The van der Waals surface area contributed by atoms with Gasteiger partial charge in [-0.1, -0.05) is 41.3 Å². The zero-order valence-corrected chi connectivity index (χ0v) is 22.2. The van der Waals surface area contributed by atoms with E-state index < -0.39 is 0 Å². The number of para-hydroxylation sites is 1. The van der Waals surface area contributed by atoms with Gasteiger partial charge in [-0.2, -0.15) is 0 Å². The van der Waals surface area contributed by atoms with Crippen LogP contribution in [0.25, 0.3) is 21.7 Å². The van der Waals surface area contributed by atoms with E-state index in [1.165, 1.54) is 27.7 Å². The first kappa shape index (κ1) is 25.0. The monoisotopic (exact) mass is 550 g/mol. The average Bonchev–Trinajstić information content (AvgIpc) is 3.55. The third kappa shape index (κ3) is 5.38. The second-order valence-corrected chi connectivity index (χ2v) is 10.4. The number of fused-ring (bicyclic) bond motifs is 1. The predicted molar refractivity (Wildman–Crippen MR) is 148 cm³/mol. The summed E-state index contributed by atoms with van der Waals surface area (Å²) >= 11 is 8.02. The Hall–Kier alpha value is -3.67. The summed E-state index contributed by atoms with van der Waals surface area (Å²) in [5.41, 5.74) is 1.65. The number of nitrogens with one attached hydrogen (secondary N) is 1. The Morgan fingerprint density at radius 3 is 2.54 bits per heavy atom. The first-order valence-corrected chi connectivity index (χ1v) is 13.7. The van der Waals surface area contributed by atoms with E-state index in [0.29, 0.717) is 43.3 Å². The van der Waals surface area contributed by atoms with Crippen LogP contribution in [0.1, 0.15) is 12.7 Å². The van der Waals surface area contributed by atoms with Crippen LogP contribution in [0, 0.1) is 3.95 Å². The Kier molecular flexibility index (Phi) is 7.54. The van der Waals surface area contributed by atoms with Crippen molar-refractivity contribution in [2.45, 2.75) is 18.6 Å². The van der Waals surface area contributed by atoms with E-state index in [0.717, 1.165) is 5.69 Å². The van der Waals surface area contributed by atoms with Gasteiger partial charge in [0.15, 0.2) is 14.8 Å². The van der Waals surface area contributed by atoms with Crippen molar-refractivity contribution in [2.75, 3.05) is 12.4 Å². The lowest BCUT2D eigenvalue weighted by Gasteiger charge is -2.13. The van der Waals surface area contributed by atoms with E-state index in [2.05, 4.69) is 5.32 Å². The fourth-order valence-electron chi connectivity index (χ4n) is 3.70. The number of ether oxygens (including phenoxy) is 1. The molecule has 0 saturated carbocycles. The van der Waals surface area contributed by atoms with Crippen LogP contribution in [-0.4, -0.2) is 32.4 Å². The summed E-state index contributed by atoms with van der Waals surface area (Å²) in [7, 11) is 0. The van der Waals surface area contributed by atoms with E-state index in [4.69, 9.17) is 26.4 Å². The van der Waals surface area contributed by atoms with Gasteiger partial charge in [-0.3, -0.25) is 18.7 Å². The minimum Gasteiger partial charge on any atom is -0.494 e. The Morgan fingerprint density at radius 2 is 1.84 bits per heavy atom. The number of thioether (sulfide) groups is 1. The molecule has 0 aliphatic heterocycles. The molecule has 0 spiro atoms. The van der Waals surface area contributed by atoms with E-state index in [1.807, 2.05) is 37.3 Å². The number of hydrogen-bond donors (Lipinski definition) is 1. The number of benzene rings is 2. The zero-order valence-electron chi connectivity index (χ0n) is 19.7. The van der Waals surface area contributed by atoms with E-state index in [-0.39, 0.29) is 23.8 Å². The maximum Gasteiger partial charge on any atom is 0.278 e.